The van der Waals surface area contributed by atoms with Gasteiger partial charge in [0.05, 0.1) is 12.7 Å². The third kappa shape index (κ3) is 6.36. The summed E-state index contributed by atoms with van der Waals surface area (Å²) in [6, 6.07) is 0. The van der Waals surface area contributed by atoms with Crippen LogP contribution in [0.1, 0.15) is 33.6 Å². The smallest absolute Gasteiger partial charge is 0.192 e. The predicted molar refractivity (Wildman–Crippen MR) is 74.6 cm³/mol. The maximum absolute atomic E-state index is 8.88. The number of rotatable bonds is 7. The lowest BCUT2D eigenvalue weighted by molar-refractivity contribution is 0.193. The van der Waals surface area contributed by atoms with Gasteiger partial charge in [-0.05, 0) is 31.0 Å². The molecule has 17 heavy (non-hydrogen) atoms. The van der Waals surface area contributed by atoms with Crippen molar-refractivity contribution >= 4 is 8.32 Å². The minimum atomic E-state index is -1.78. The Morgan fingerprint density at radius 2 is 1.82 bits per heavy atom. The zero-order chi connectivity index (χ0) is 13.5. The first kappa shape index (κ1) is 16.8. The average molecular weight is 260 g/mol. The predicted octanol–water partition coefficient (Wildman–Crippen LogP) is 2.70. The quantitative estimate of drug-likeness (QED) is 0.546. The Morgan fingerprint density at radius 1 is 1.24 bits per heavy atom. The van der Waals surface area contributed by atoms with Crippen LogP contribution >= 0.6 is 0 Å². The van der Waals surface area contributed by atoms with Gasteiger partial charge < -0.3 is 14.6 Å². The van der Waals surface area contributed by atoms with Crippen molar-refractivity contribution in [3.05, 3.63) is 12.2 Å². The van der Waals surface area contributed by atoms with Gasteiger partial charge >= 0.3 is 0 Å². The molecule has 0 aromatic rings. The third-order valence-corrected chi connectivity index (χ3v) is 7.86. The van der Waals surface area contributed by atoms with Crippen LogP contribution in [0.15, 0.2) is 12.2 Å². The monoisotopic (exact) mass is 260 g/mol. The number of aliphatic hydroxyl groups excluding tert-OH is 2. The van der Waals surface area contributed by atoms with Crippen LogP contribution in [0.2, 0.25) is 18.1 Å². The van der Waals surface area contributed by atoms with Crippen LogP contribution in [0.4, 0.5) is 0 Å². The zero-order valence-electron chi connectivity index (χ0n) is 11.9. The lowest BCUT2D eigenvalue weighted by atomic mass is 10.2. The molecule has 0 saturated heterocycles. The molecular weight excluding hydrogens is 232 g/mol. The van der Waals surface area contributed by atoms with Gasteiger partial charge in [-0.25, -0.2) is 0 Å². The molecule has 0 saturated carbocycles. The summed E-state index contributed by atoms with van der Waals surface area (Å²) >= 11 is 0. The van der Waals surface area contributed by atoms with Gasteiger partial charge in [-0.1, -0.05) is 32.9 Å². The second-order valence-corrected chi connectivity index (χ2v) is 10.6. The van der Waals surface area contributed by atoms with E-state index in [0.29, 0.717) is 0 Å². The molecule has 0 aromatic carbocycles. The second-order valence-electron chi connectivity index (χ2n) is 5.89. The van der Waals surface area contributed by atoms with E-state index in [4.69, 9.17) is 14.6 Å². The maximum atomic E-state index is 8.88. The summed E-state index contributed by atoms with van der Waals surface area (Å²) in [6.07, 6.45) is 5.18. The van der Waals surface area contributed by atoms with Crippen LogP contribution in [0.3, 0.4) is 0 Å². The Hall–Kier alpha value is -0.163. The van der Waals surface area contributed by atoms with Crippen LogP contribution in [-0.2, 0) is 4.43 Å². The molecule has 0 aliphatic carbocycles. The highest BCUT2D eigenvalue weighted by atomic mass is 28.4. The number of aliphatic hydroxyl groups is 2. The van der Waals surface area contributed by atoms with E-state index in [1.54, 1.807) is 6.08 Å². The highest BCUT2D eigenvalue weighted by Crippen LogP contribution is 2.37. The van der Waals surface area contributed by atoms with Crippen LogP contribution < -0.4 is 0 Å². The first-order valence-corrected chi connectivity index (χ1v) is 9.21. The van der Waals surface area contributed by atoms with E-state index in [1.807, 2.05) is 6.08 Å². The van der Waals surface area contributed by atoms with Crippen molar-refractivity contribution in [2.75, 3.05) is 13.2 Å². The summed E-state index contributed by atoms with van der Waals surface area (Å²) in [5.41, 5.74) is 0. The molecule has 0 heterocycles. The molecule has 3 nitrogen and oxygen atoms in total. The largest absolute Gasteiger partial charge is 0.411 e. The fraction of sp³-hybridized carbons (Fsp3) is 0.846. The third-order valence-electron chi connectivity index (χ3n) is 3.36. The van der Waals surface area contributed by atoms with E-state index in [9.17, 15) is 0 Å². The molecule has 0 aliphatic heterocycles. The van der Waals surface area contributed by atoms with Crippen LogP contribution in [0, 0.1) is 0 Å². The molecule has 0 aliphatic rings. The molecule has 0 rings (SSSR count). The Balaban J connectivity index is 4.56. The summed E-state index contributed by atoms with van der Waals surface area (Å²) < 4.78 is 6.24. The van der Waals surface area contributed by atoms with Crippen molar-refractivity contribution < 1.29 is 14.6 Å². The summed E-state index contributed by atoms with van der Waals surface area (Å²) in [4.78, 5) is 0. The van der Waals surface area contributed by atoms with Gasteiger partial charge in [0.15, 0.2) is 8.32 Å². The van der Waals surface area contributed by atoms with Crippen molar-refractivity contribution in [2.24, 2.45) is 0 Å². The van der Waals surface area contributed by atoms with Gasteiger partial charge in [0.25, 0.3) is 0 Å². The normalized spacial score (nSPS) is 15.5. The van der Waals surface area contributed by atoms with Gasteiger partial charge in [-0.15, -0.1) is 0 Å². The van der Waals surface area contributed by atoms with Gasteiger partial charge in [0.1, 0.15) is 0 Å². The highest BCUT2D eigenvalue weighted by Gasteiger charge is 2.38. The number of hydrogen-bond donors (Lipinski definition) is 2. The van der Waals surface area contributed by atoms with Gasteiger partial charge in [0.2, 0.25) is 0 Å². The van der Waals surface area contributed by atoms with Crippen LogP contribution in [0.5, 0.6) is 0 Å². The van der Waals surface area contributed by atoms with E-state index in [1.165, 1.54) is 0 Å². The number of hydrogen-bond acceptors (Lipinski definition) is 3. The minimum Gasteiger partial charge on any atom is -0.411 e. The molecule has 0 unspecified atom stereocenters. The van der Waals surface area contributed by atoms with E-state index in [0.717, 1.165) is 12.8 Å². The molecule has 102 valence electrons. The molecular formula is C13H28O3Si. The van der Waals surface area contributed by atoms with Crippen molar-refractivity contribution in [1.82, 2.24) is 0 Å². The SMILES string of the molecule is CC(C)(C)[Si](C)(C)O[C@H](/C=C\CO)CCCO. The molecule has 0 bridgehead atoms. The van der Waals surface area contributed by atoms with Crippen molar-refractivity contribution in [2.45, 2.75) is 57.8 Å². The minimum absolute atomic E-state index is 0.00944. The van der Waals surface area contributed by atoms with Gasteiger partial charge in [-0.2, -0.15) is 0 Å². The maximum Gasteiger partial charge on any atom is 0.192 e. The van der Waals surface area contributed by atoms with Crippen LogP contribution in [0.25, 0.3) is 0 Å². The molecule has 2 N–H and O–H groups in total. The van der Waals surface area contributed by atoms with E-state index >= 15 is 0 Å². The van der Waals surface area contributed by atoms with Crippen molar-refractivity contribution in [3.63, 3.8) is 0 Å². The lowest BCUT2D eigenvalue weighted by Gasteiger charge is -2.38. The Morgan fingerprint density at radius 3 is 2.24 bits per heavy atom. The molecule has 1 atom stereocenters. The van der Waals surface area contributed by atoms with Crippen molar-refractivity contribution in [3.8, 4) is 0 Å². The van der Waals surface area contributed by atoms with Gasteiger partial charge in [-0.3, -0.25) is 0 Å². The zero-order valence-corrected chi connectivity index (χ0v) is 12.9. The van der Waals surface area contributed by atoms with Crippen LogP contribution in [-0.4, -0.2) is 37.8 Å². The standard InChI is InChI=1S/C13H28O3Si/c1-13(2,3)17(4,5)16-12(8-6-10-14)9-7-11-15/h6,8,12,14-15H,7,9-11H2,1-5H3/b8-6-/t12-/m1/s1. The summed E-state index contributed by atoms with van der Waals surface area (Å²) in [6.45, 7) is 11.3. The Labute approximate surface area is 107 Å². The Kier molecular flexibility index (Phi) is 7.24. The average Bonchev–Trinajstić information content (AvgIpc) is 2.20. The van der Waals surface area contributed by atoms with Crippen molar-refractivity contribution in [1.29, 1.82) is 0 Å². The summed E-state index contributed by atoms with van der Waals surface area (Å²) in [5.74, 6) is 0. The van der Waals surface area contributed by atoms with E-state index in [2.05, 4.69) is 33.9 Å². The van der Waals surface area contributed by atoms with Gasteiger partial charge in [0, 0.05) is 6.61 Å². The fourth-order valence-corrected chi connectivity index (χ4v) is 2.56. The fourth-order valence-electron chi connectivity index (χ4n) is 1.25. The van der Waals surface area contributed by atoms with E-state index in [-0.39, 0.29) is 24.4 Å². The molecule has 0 spiro atoms. The molecule has 4 heteroatoms. The summed E-state index contributed by atoms with van der Waals surface area (Å²) in [5, 5.41) is 17.9. The molecule has 0 amide bonds. The highest BCUT2D eigenvalue weighted by molar-refractivity contribution is 6.74. The van der Waals surface area contributed by atoms with E-state index < -0.39 is 8.32 Å². The first-order valence-electron chi connectivity index (χ1n) is 6.31. The topological polar surface area (TPSA) is 49.7 Å². The summed E-state index contributed by atoms with van der Waals surface area (Å²) in [7, 11) is -1.78. The molecule has 0 fully saturated rings. The Bertz CT molecular complexity index is 231. The first-order chi connectivity index (χ1) is 7.74. The second kappa shape index (κ2) is 7.31. The molecule has 0 aromatic heterocycles. The lowest BCUT2D eigenvalue weighted by Crippen LogP contribution is -2.43. The molecule has 0 radical (unpaired) electrons.